The lowest BCUT2D eigenvalue weighted by molar-refractivity contribution is 0.00456. The number of nitrogens with one attached hydrogen (secondary N) is 1. The molecule has 8 nitrogen and oxygen atoms in total. The number of tetrazole rings is 1. The minimum Gasteiger partial charge on any atom is -0.348 e. The first-order chi connectivity index (χ1) is 12.3. The van der Waals surface area contributed by atoms with Crippen LogP contribution >= 0.6 is 0 Å². The average Bonchev–Trinajstić information content (AvgIpc) is 3.30. The highest BCUT2D eigenvalue weighted by molar-refractivity contribution is 5.95. The highest BCUT2D eigenvalue weighted by atomic mass is 16.2. The number of carbonyl (C=O) groups is 1. The average molecular weight is 335 g/mol. The van der Waals surface area contributed by atoms with Crippen LogP contribution in [-0.2, 0) is 12.0 Å². The molecule has 2 aromatic heterocycles. The monoisotopic (exact) mass is 335 g/mol. The van der Waals surface area contributed by atoms with Crippen molar-refractivity contribution in [1.82, 2.24) is 35.1 Å². The molecule has 0 bridgehead atoms. The number of aromatic nitrogens is 6. The van der Waals surface area contributed by atoms with Gasteiger partial charge in [-0.3, -0.25) is 4.79 Å². The predicted molar refractivity (Wildman–Crippen MR) is 88.0 cm³/mol. The highest BCUT2D eigenvalue weighted by Gasteiger charge is 2.51. The van der Waals surface area contributed by atoms with Crippen LogP contribution in [0.25, 0.3) is 5.69 Å². The molecule has 1 N–H and O–H groups in total. The number of hydrogen-bond donors (Lipinski definition) is 1. The molecule has 0 atom stereocenters. The summed E-state index contributed by atoms with van der Waals surface area (Å²) in [5.41, 5.74) is 3.52. The molecule has 1 saturated carbocycles. The second kappa shape index (κ2) is 5.23. The Balaban J connectivity index is 1.46. The van der Waals surface area contributed by atoms with Crippen LogP contribution in [0, 0.1) is 0 Å². The van der Waals surface area contributed by atoms with Crippen LogP contribution in [0.4, 0.5) is 0 Å². The topological polar surface area (TPSA) is 92.6 Å². The largest absolute Gasteiger partial charge is 0.348 e. The van der Waals surface area contributed by atoms with E-state index in [9.17, 15) is 4.79 Å². The first kappa shape index (κ1) is 14.3. The van der Waals surface area contributed by atoms with Gasteiger partial charge < -0.3 is 9.88 Å². The summed E-state index contributed by atoms with van der Waals surface area (Å²) in [6, 6.07) is 7.40. The van der Waals surface area contributed by atoms with E-state index in [1.807, 2.05) is 29.2 Å². The van der Waals surface area contributed by atoms with Crippen molar-refractivity contribution in [2.75, 3.05) is 6.54 Å². The summed E-state index contributed by atoms with van der Waals surface area (Å²) in [5.74, 6) is 0.0663. The van der Waals surface area contributed by atoms with Gasteiger partial charge in [-0.1, -0.05) is 0 Å². The molecular weight excluding hydrogens is 318 g/mol. The molecule has 1 spiro atoms. The minimum atomic E-state index is -0.223. The zero-order valence-corrected chi connectivity index (χ0v) is 13.6. The number of amides is 1. The molecule has 5 rings (SSSR count). The molecule has 1 amide bonds. The molecular formula is C17H17N7O. The number of H-pyrrole nitrogens is 1. The van der Waals surface area contributed by atoms with Crippen molar-refractivity contribution in [3.8, 4) is 5.69 Å². The Morgan fingerprint density at radius 1 is 1.20 bits per heavy atom. The van der Waals surface area contributed by atoms with E-state index in [0.29, 0.717) is 5.56 Å². The second-order valence-electron chi connectivity index (χ2n) is 6.62. The first-order valence-corrected chi connectivity index (χ1v) is 8.46. The summed E-state index contributed by atoms with van der Waals surface area (Å²) in [6.45, 7) is 0.725. The Labute approximate surface area is 143 Å². The van der Waals surface area contributed by atoms with Gasteiger partial charge in [-0.15, -0.1) is 5.10 Å². The van der Waals surface area contributed by atoms with E-state index in [1.165, 1.54) is 12.0 Å². The molecule has 0 saturated heterocycles. The van der Waals surface area contributed by atoms with Crippen LogP contribution in [0.2, 0.25) is 0 Å². The third kappa shape index (κ3) is 2.03. The van der Waals surface area contributed by atoms with Crippen LogP contribution in [0.1, 0.15) is 41.0 Å². The zero-order valence-electron chi connectivity index (χ0n) is 13.6. The lowest BCUT2D eigenvalue weighted by atomic mass is 9.70. The number of fused-ring (bicyclic) bond motifs is 2. The lowest BCUT2D eigenvalue weighted by Gasteiger charge is -2.52. The summed E-state index contributed by atoms with van der Waals surface area (Å²) in [4.78, 5) is 23.0. The van der Waals surface area contributed by atoms with Gasteiger partial charge >= 0.3 is 0 Å². The third-order valence-electron chi connectivity index (χ3n) is 5.41. The molecule has 1 fully saturated rings. The maximum Gasteiger partial charge on any atom is 0.254 e. The maximum atomic E-state index is 13.2. The van der Waals surface area contributed by atoms with Gasteiger partial charge in [0, 0.05) is 24.2 Å². The van der Waals surface area contributed by atoms with E-state index in [0.717, 1.165) is 43.6 Å². The third-order valence-corrected chi connectivity index (χ3v) is 5.41. The lowest BCUT2D eigenvalue weighted by Crippen LogP contribution is -2.57. The Morgan fingerprint density at radius 2 is 2.04 bits per heavy atom. The Morgan fingerprint density at radius 3 is 2.72 bits per heavy atom. The Hall–Kier alpha value is -3.03. The van der Waals surface area contributed by atoms with Gasteiger partial charge in [0.1, 0.15) is 6.33 Å². The molecule has 3 heterocycles. The quantitative estimate of drug-likeness (QED) is 0.765. The van der Waals surface area contributed by atoms with Gasteiger partial charge in [0.2, 0.25) is 0 Å². The molecule has 1 aromatic carbocycles. The van der Waals surface area contributed by atoms with E-state index in [1.54, 1.807) is 11.0 Å². The van der Waals surface area contributed by atoms with Crippen molar-refractivity contribution >= 4 is 5.91 Å². The first-order valence-electron chi connectivity index (χ1n) is 8.46. The van der Waals surface area contributed by atoms with E-state index in [4.69, 9.17) is 0 Å². The zero-order chi connectivity index (χ0) is 16.9. The van der Waals surface area contributed by atoms with Crippen molar-refractivity contribution < 1.29 is 4.79 Å². The minimum absolute atomic E-state index is 0.0663. The van der Waals surface area contributed by atoms with Gasteiger partial charge in [0.25, 0.3) is 5.91 Å². The summed E-state index contributed by atoms with van der Waals surface area (Å²) < 4.78 is 1.57. The number of imidazole rings is 1. The molecule has 0 unspecified atom stereocenters. The second-order valence-corrected chi connectivity index (χ2v) is 6.62. The van der Waals surface area contributed by atoms with E-state index in [2.05, 4.69) is 25.5 Å². The standard InChI is InChI=1S/C17H17N7O/c25-16(12-2-4-13(5-3-12)24-11-20-21-22-24)23-9-6-14-15(19-10-18-14)17(23)7-1-8-17/h2-5,10-11H,1,6-9H2,(H,18,19). The maximum absolute atomic E-state index is 13.2. The molecule has 126 valence electrons. The van der Waals surface area contributed by atoms with Crippen LogP contribution in [-0.4, -0.2) is 47.5 Å². The van der Waals surface area contributed by atoms with E-state index >= 15 is 0 Å². The Kier molecular flexibility index (Phi) is 3.00. The van der Waals surface area contributed by atoms with Gasteiger partial charge in [0.15, 0.2) is 0 Å². The van der Waals surface area contributed by atoms with Crippen LogP contribution in [0.15, 0.2) is 36.9 Å². The molecule has 2 aliphatic rings. The van der Waals surface area contributed by atoms with Crippen molar-refractivity contribution in [2.24, 2.45) is 0 Å². The molecule has 8 heteroatoms. The fourth-order valence-electron chi connectivity index (χ4n) is 3.98. The van der Waals surface area contributed by atoms with Gasteiger partial charge in [-0.05, 0) is 54.0 Å². The molecule has 0 radical (unpaired) electrons. The normalized spacial score (nSPS) is 18.0. The summed E-state index contributed by atoms with van der Waals surface area (Å²) in [6.07, 6.45) is 7.21. The molecule has 1 aliphatic heterocycles. The predicted octanol–water partition coefficient (Wildman–Crippen LogP) is 1.46. The molecule has 25 heavy (non-hydrogen) atoms. The fraction of sp³-hybridized carbons (Fsp3) is 0.353. The van der Waals surface area contributed by atoms with Crippen LogP contribution in [0.5, 0.6) is 0 Å². The van der Waals surface area contributed by atoms with Gasteiger partial charge in [-0.25, -0.2) is 9.67 Å². The molecule has 1 aliphatic carbocycles. The number of hydrogen-bond acceptors (Lipinski definition) is 5. The molecule has 3 aromatic rings. The van der Waals surface area contributed by atoms with Crippen molar-refractivity contribution in [3.05, 3.63) is 53.9 Å². The van der Waals surface area contributed by atoms with Gasteiger partial charge in [0.05, 0.1) is 23.2 Å². The SMILES string of the molecule is O=C(c1ccc(-n2cnnn2)cc1)N1CCc2[nH]cnc2C12CCC2. The van der Waals surface area contributed by atoms with E-state index < -0.39 is 0 Å². The highest BCUT2D eigenvalue weighted by Crippen LogP contribution is 2.49. The summed E-state index contributed by atoms with van der Waals surface area (Å²) in [7, 11) is 0. The number of carbonyl (C=O) groups excluding carboxylic acids is 1. The van der Waals surface area contributed by atoms with Crippen molar-refractivity contribution in [2.45, 2.75) is 31.2 Å². The van der Waals surface area contributed by atoms with Crippen molar-refractivity contribution in [3.63, 3.8) is 0 Å². The summed E-state index contributed by atoms with van der Waals surface area (Å²) in [5, 5.41) is 11.1. The van der Waals surface area contributed by atoms with E-state index in [-0.39, 0.29) is 11.4 Å². The Bertz CT molecular complexity index is 909. The number of nitrogens with zero attached hydrogens (tertiary/aromatic N) is 6. The fourth-order valence-corrected chi connectivity index (χ4v) is 3.98. The number of rotatable bonds is 2. The van der Waals surface area contributed by atoms with Crippen molar-refractivity contribution in [1.29, 1.82) is 0 Å². The number of aromatic amines is 1. The number of benzene rings is 1. The summed E-state index contributed by atoms with van der Waals surface area (Å²) >= 11 is 0. The van der Waals surface area contributed by atoms with Crippen LogP contribution in [0.3, 0.4) is 0 Å². The van der Waals surface area contributed by atoms with Gasteiger partial charge in [-0.2, -0.15) is 0 Å². The smallest absolute Gasteiger partial charge is 0.254 e. The van der Waals surface area contributed by atoms with Crippen LogP contribution < -0.4 is 0 Å².